The molecule has 0 bridgehead atoms. The van der Waals surface area contributed by atoms with Gasteiger partial charge in [-0.05, 0) is 36.2 Å². The van der Waals surface area contributed by atoms with Gasteiger partial charge in [-0.25, -0.2) is 4.79 Å². The minimum absolute atomic E-state index is 0.301. The first-order valence-corrected chi connectivity index (χ1v) is 5.28. The molecule has 0 aliphatic heterocycles. The van der Waals surface area contributed by atoms with Crippen molar-refractivity contribution in [2.24, 2.45) is 0 Å². The summed E-state index contributed by atoms with van der Waals surface area (Å²) in [5.41, 5.74) is 9.07. The third kappa shape index (κ3) is 2.28. The molecule has 2 aromatic carbocycles. The van der Waals surface area contributed by atoms with Crippen LogP contribution >= 0.6 is 0 Å². The molecule has 0 saturated heterocycles. The van der Waals surface area contributed by atoms with Gasteiger partial charge in [0.25, 0.3) is 0 Å². The quantitative estimate of drug-likeness (QED) is 0.775. The van der Waals surface area contributed by atoms with Gasteiger partial charge in [0.1, 0.15) is 0 Å². The van der Waals surface area contributed by atoms with Crippen molar-refractivity contribution in [3.05, 3.63) is 53.6 Å². The second-order valence-corrected chi connectivity index (χ2v) is 3.98. The van der Waals surface area contributed by atoms with Crippen molar-refractivity contribution in [3.8, 4) is 11.1 Å². The summed E-state index contributed by atoms with van der Waals surface area (Å²) >= 11 is 0. The molecule has 3 N–H and O–H groups in total. The molecule has 17 heavy (non-hydrogen) atoms. The Bertz CT molecular complexity index is 576. The number of nitrogen functional groups attached to an aromatic ring is 1. The first kappa shape index (κ1) is 11.2. The summed E-state index contributed by atoms with van der Waals surface area (Å²) in [6, 6.07) is 12.6. The molecule has 0 radical (unpaired) electrons. The van der Waals surface area contributed by atoms with Crippen molar-refractivity contribution in [1.82, 2.24) is 0 Å². The fourth-order valence-corrected chi connectivity index (χ4v) is 1.79. The number of nitrogens with two attached hydrogens (primary N) is 1. The van der Waals surface area contributed by atoms with Crippen LogP contribution in [0.1, 0.15) is 15.9 Å². The predicted molar refractivity (Wildman–Crippen MR) is 68.0 cm³/mol. The van der Waals surface area contributed by atoms with Gasteiger partial charge in [-0.1, -0.05) is 29.8 Å². The summed E-state index contributed by atoms with van der Waals surface area (Å²) in [6.45, 7) is 1.87. The van der Waals surface area contributed by atoms with Crippen LogP contribution < -0.4 is 5.73 Å². The number of aromatic carboxylic acids is 1. The number of anilines is 1. The third-order valence-electron chi connectivity index (χ3n) is 2.60. The second kappa shape index (κ2) is 4.29. The highest BCUT2D eigenvalue weighted by Gasteiger charge is 2.11. The van der Waals surface area contributed by atoms with Crippen LogP contribution in [0.3, 0.4) is 0 Å². The Morgan fingerprint density at radius 2 is 1.94 bits per heavy atom. The lowest BCUT2D eigenvalue weighted by Gasteiger charge is -2.08. The Balaban J connectivity index is 2.63. The third-order valence-corrected chi connectivity index (χ3v) is 2.60. The molecule has 3 nitrogen and oxygen atoms in total. The lowest BCUT2D eigenvalue weighted by molar-refractivity contribution is 0.0697. The second-order valence-electron chi connectivity index (χ2n) is 3.98. The fraction of sp³-hybridized carbons (Fsp3) is 0.0714. The monoisotopic (exact) mass is 227 g/mol. The van der Waals surface area contributed by atoms with Gasteiger partial charge in [-0.3, -0.25) is 0 Å². The van der Waals surface area contributed by atoms with Crippen LogP contribution in [-0.4, -0.2) is 11.1 Å². The van der Waals surface area contributed by atoms with Crippen LogP contribution in [0.4, 0.5) is 5.69 Å². The maximum Gasteiger partial charge on any atom is 0.336 e. The summed E-state index contributed by atoms with van der Waals surface area (Å²) in [7, 11) is 0. The smallest absolute Gasteiger partial charge is 0.336 e. The minimum Gasteiger partial charge on any atom is -0.478 e. The summed E-state index contributed by atoms with van der Waals surface area (Å²) in [6.07, 6.45) is 0. The van der Waals surface area contributed by atoms with Crippen LogP contribution in [0, 0.1) is 6.92 Å². The lowest BCUT2D eigenvalue weighted by Crippen LogP contribution is -2.00. The zero-order valence-electron chi connectivity index (χ0n) is 9.47. The van der Waals surface area contributed by atoms with Gasteiger partial charge >= 0.3 is 5.97 Å². The average Bonchev–Trinajstić information content (AvgIpc) is 2.28. The molecule has 0 spiro atoms. The van der Waals surface area contributed by atoms with Crippen molar-refractivity contribution in [3.63, 3.8) is 0 Å². The zero-order chi connectivity index (χ0) is 12.4. The van der Waals surface area contributed by atoms with Gasteiger partial charge in [0.05, 0.1) is 5.56 Å². The number of hydrogen-bond acceptors (Lipinski definition) is 2. The predicted octanol–water partition coefficient (Wildman–Crippen LogP) is 2.94. The van der Waals surface area contributed by atoms with Crippen LogP contribution in [0.15, 0.2) is 42.5 Å². The number of aryl methyl sites for hydroxylation is 1. The first-order chi connectivity index (χ1) is 8.08. The van der Waals surface area contributed by atoms with Crippen LogP contribution in [-0.2, 0) is 0 Å². The number of carboxylic acids is 1. The molecule has 0 unspecified atom stereocenters. The van der Waals surface area contributed by atoms with E-state index >= 15 is 0 Å². The summed E-state index contributed by atoms with van der Waals surface area (Å²) < 4.78 is 0. The normalized spacial score (nSPS) is 10.2. The molecule has 2 rings (SSSR count). The number of carbonyl (C=O) groups is 1. The maximum atomic E-state index is 11.2. The van der Waals surface area contributed by atoms with Gasteiger partial charge in [-0.2, -0.15) is 0 Å². The molecular weight excluding hydrogens is 214 g/mol. The van der Waals surface area contributed by atoms with Crippen LogP contribution in [0.2, 0.25) is 0 Å². The maximum absolute atomic E-state index is 11.2. The minimum atomic E-state index is -0.925. The van der Waals surface area contributed by atoms with E-state index in [1.165, 1.54) is 0 Å². The molecule has 0 heterocycles. The van der Waals surface area contributed by atoms with Gasteiger partial charge in [-0.15, -0.1) is 0 Å². The Labute approximate surface area is 99.5 Å². The summed E-state index contributed by atoms with van der Waals surface area (Å²) in [5, 5.41) is 9.19. The van der Waals surface area contributed by atoms with E-state index in [9.17, 15) is 9.90 Å². The standard InChI is InChI=1S/C14H13NO2/c1-9-5-6-12(13(7-9)14(16)17)10-3-2-4-11(15)8-10/h2-8H,15H2,1H3,(H,16,17). The Morgan fingerprint density at radius 1 is 1.18 bits per heavy atom. The zero-order valence-corrected chi connectivity index (χ0v) is 9.47. The molecule has 0 amide bonds. The van der Waals surface area contributed by atoms with Gasteiger partial charge in [0.2, 0.25) is 0 Å². The fourth-order valence-electron chi connectivity index (χ4n) is 1.79. The largest absolute Gasteiger partial charge is 0.478 e. The number of hydrogen-bond donors (Lipinski definition) is 2. The van der Waals surface area contributed by atoms with Gasteiger partial charge < -0.3 is 10.8 Å². The summed E-state index contributed by atoms with van der Waals surface area (Å²) in [5.74, 6) is -0.925. The molecule has 0 aliphatic rings. The van der Waals surface area contributed by atoms with E-state index in [0.29, 0.717) is 16.8 Å². The molecule has 0 aliphatic carbocycles. The highest BCUT2D eigenvalue weighted by molar-refractivity contribution is 5.96. The average molecular weight is 227 g/mol. The molecular formula is C14H13NO2. The Morgan fingerprint density at radius 3 is 2.59 bits per heavy atom. The molecule has 2 aromatic rings. The molecule has 0 aromatic heterocycles. The van der Waals surface area contributed by atoms with E-state index in [1.807, 2.05) is 31.2 Å². The number of carboxylic acid groups (broad SMARTS) is 1. The lowest BCUT2D eigenvalue weighted by atomic mass is 9.97. The Kier molecular flexibility index (Phi) is 2.83. The van der Waals surface area contributed by atoms with E-state index < -0.39 is 5.97 Å². The summed E-state index contributed by atoms with van der Waals surface area (Å²) in [4.78, 5) is 11.2. The van der Waals surface area contributed by atoms with E-state index in [0.717, 1.165) is 11.1 Å². The van der Waals surface area contributed by atoms with Gasteiger partial charge in [0, 0.05) is 5.69 Å². The highest BCUT2D eigenvalue weighted by atomic mass is 16.4. The molecule has 0 saturated carbocycles. The van der Waals surface area contributed by atoms with Crippen molar-refractivity contribution in [1.29, 1.82) is 0 Å². The molecule has 86 valence electrons. The topological polar surface area (TPSA) is 63.3 Å². The van der Waals surface area contributed by atoms with E-state index in [4.69, 9.17) is 5.73 Å². The van der Waals surface area contributed by atoms with E-state index in [1.54, 1.807) is 18.2 Å². The molecule has 3 heteroatoms. The van der Waals surface area contributed by atoms with Crippen molar-refractivity contribution >= 4 is 11.7 Å². The van der Waals surface area contributed by atoms with Crippen molar-refractivity contribution < 1.29 is 9.90 Å². The molecule has 0 atom stereocenters. The Hall–Kier alpha value is -2.29. The van der Waals surface area contributed by atoms with Crippen molar-refractivity contribution in [2.45, 2.75) is 6.92 Å². The highest BCUT2D eigenvalue weighted by Crippen LogP contribution is 2.26. The number of benzene rings is 2. The first-order valence-electron chi connectivity index (χ1n) is 5.28. The van der Waals surface area contributed by atoms with E-state index in [-0.39, 0.29) is 0 Å². The van der Waals surface area contributed by atoms with E-state index in [2.05, 4.69) is 0 Å². The van der Waals surface area contributed by atoms with Crippen LogP contribution in [0.5, 0.6) is 0 Å². The number of rotatable bonds is 2. The molecule has 0 fully saturated rings. The van der Waals surface area contributed by atoms with Gasteiger partial charge in [0.15, 0.2) is 0 Å². The van der Waals surface area contributed by atoms with Crippen molar-refractivity contribution in [2.75, 3.05) is 5.73 Å². The SMILES string of the molecule is Cc1ccc(-c2cccc(N)c2)c(C(=O)O)c1. The van der Waals surface area contributed by atoms with Crippen LogP contribution in [0.25, 0.3) is 11.1 Å².